The fraction of sp³-hybridized carbons (Fsp3) is 0.154. The number of benzene rings is 1. The molecule has 0 bridgehead atoms. The van der Waals surface area contributed by atoms with Crippen molar-refractivity contribution < 1.29 is 14.3 Å². The van der Waals surface area contributed by atoms with E-state index in [1.54, 1.807) is 12.4 Å². The maximum atomic E-state index is 14.0. The summed E-state index contributed by atoms with van der Waals surface area (Å²) in [6.07, 6.45) is 3.22. The van der Waals surface area contributed by atoms with Crippen LogP contribution in [0, 0.1) is 12.7 Å². The number of nitrogens with one attached hydrogen (secondary N) is 1. The minimum atomic E-state index is -1.19. The van der Waals surface area contributed by atoms with Crippen molar-refractivity contribution in [3.05, 3.63) is 51.8 Å². The first kappa shape index (κ1) is 14.4. The molecule has 1 aromatic heterocycles. The van der Waals surface area contributed by atoms with Gasteiger partial charge in [0.25, 0.3) is 0 Å². The van der Waals surface area contributed by atoms with Gasteiger partial charge < -0.3 is 10.4 Å². The molecule has 0 spiro atoms. The Morgan fingerprint density at radius 1 is 1.40 bits per heavy atom. The zero-order valence-corrected chi connectivity index (χ0v) is 12.1. The highest BCUT2D eigenvalue weighted by Gasteiger charge is 2.15. The van der Waals surface area contributed by atoms with Crippen molar-refractivity contribution in [1.82, 2.24) is 9.97 Å². The molecular weight excluding hydrogens is 329 g/mol. The standard InChI is InChI=1S/C13H11BrFN3O2/c1-7-4-17-8(5-16-7)6-18-10-3-2-9(13(19)20)11(14)12(10)15/h2-5,18H,6H2,1H3,(H,19,20). The van der Waals surface area contributed by atoms with Crippen LogP contribution in [0.3, 0.4) is 0 Å². The van der Waals surface area contributed by atoms with Gasteiger partial charge in [-0.05, 0) is 35.0 Å². The van der Waals surface area contributed by atoms with Gasteiger partial charge >= 0.3 is 5.97 Å². The molecule has 5 nitrogen and oxygen atoms in total. The molecule has 0 amide bonds. The monoisotopic (exact) mass is 339 g/mol. The topological polar surface area (TPSA) is 75.1 Å². The van der Waals surface area contributed by atoms with Crippen molar-refractivity contribution in [2.45, 2.75) is 13.5 Å². The van der Waals surface area contributed by atoms with Crippen molar-refractivity contribution in [1.29, 1.82) is 0 Å². The zero-order valence-electron chi connectivity index (χ0n) is 10.5. The number of hydrogen-bond donors (Lipinski definition) is 2. The summed E-state index contributed by atoms with van der Waals surface area (Å²) < 4.78 is 13.9. The van der Waals surface area contributed by atoms with Crippen LogP contribution in [0.15, 0.2) is 29.0 Å². The van der Waals surface area contributed by atoms with Crippen LogP contribution in [-0.4, -0.2) is 21.0 Å². The quantitative estimate of drug-likeness (QED) is 0.895. The second-order valence-electron chi connectivity index (χ2n) is 4.10. The van der Waals surface area contributed by atoms with Crippen molar-refractivity contribution in [2.24, 2.45) is 0 Å². The predicted octanol–water partition coefficient (Wildman–Crippen LogP) is 3.00. The highest BCUT2D eigenvalue weighted by molar-refractivity contribution is 9.10. The lowest BCUT2D eigenvalue weighted by Gasteiger charge is -2.09. The van der Waals surface area contributed by atoms with E-state index in [9.17, 15) is 9.18 Å². The lowest BCUT2D eigenvalue weighted by atomic mass is 10.2. The van der Waals surface area contributed by atoms with Gasteiger partial charge in [-0.2, -0.15) is 0 Å². The second-order valence-corrected chi connectivity index (χ2v) is 4.89. The first-order valence-corrected chi connectivity index (χ1v) is 6.51. The van der Waals surface area contributed by atoms with Crippen LogP contribution in [-0.2, 0) is 6.54 Å². The van der Waals surface area contributed by atoms with Crippen LogP contribution < -0.4 is 5.32 Å². The highest BCUT2D eigenvalue weighted by atomic mass is 79.9. The maximum Gasteiger partial charge on any atom is 0.336 e. The van der Waals surface area contributed by atoms with Gasteiger partial charge in [0.1, 0.15) is 0 Å². The van der Waals surface area contributed by atoms with E-state index in [-0.39, 0.29) is 15.7 Å². The molecule has 0 saturated carbocycles. The van der Waals surface area contributed by atoms with Crippen LogP contribution in [0.5, 0.6) is 0 Å². The van der Waals surface area contributed by atoms with Gasteiger partial charge in [0.2, 0.25) is 0 Å². The Labute approximate surface area is 123 Å². The Morgan fingerprint density at radius 3 is 2.75 bits per heavy atom. The van der Waals surface area contributed by atoms with E-state index >= 15 is 0 Å². The largest absolute Gasteiger partial charge is 0.478 e. The first-order chi connectivity index (χ1) is 9.49. The van der Waals surface area contributed by atoms with Crippen LogP contribution in [0.25, 0.3) is 0 Å². The van der Waals surface area contributed by atoms with E-state index in [1.807, 2.05) is 6.92 Å². The molecule has 2 N–H and O–H groups in total. The van der Waals surface area contributed by atoms with E-state index in [2.05, 4.69) is 31.2 Å². The third kappa shape index (κ3) is 3.11. The fourth-order valence-electron chi connectivity index (χ4n) is 1.55. The zero-order chi connectivity index (χ0) is 14.7. The van der Waals surface area contributed by atoms with Gasteiger partial charge in [0.15, 0.2) is 5.82 Å². The van der Waals surface area contributed by atoms with Gasteiger partial charge in [-0.1, -0.05) is 0 Å². The molecule has 7 heteroatoms. The SMILES string of the molecule is Cc1cnc(CNc2ccc(C(=O)O)c(Br)c2F)cn1. The predicted molar refractivity (Wildman–Crippen MR) is 75.2 cm³/mol. The minimum absolute atomic E-state index is 0.0787. The molecule has 1 heterocycles. The van der Waals surface area contributed by atoms with Crippen LogP contribution in [0.1, 0.15) is 21.7 Å². The second kappa shape index (κ2) is 5.96. The lowest BCUT2D eigenvalue weighted by Crippen LogP contribution is -2.06. The van der Waals surface area contributed by atoms with E-state index < -0.39 is 11.8 Å². The van der Waals surface area contributed by atoms with Crippen LogP contribution in [0.2, 0.25) is 0 Å². The number of hydrogen-bond acceptors (Lipinski definition) is 4. The number of anilines is 1. The molecule has 1 aromatic carbocycles. The van der Waals surface area contributed by atoms with E-state index in [0.717, 1.165) is 5.69 Å². The normalized spacial score (nSPS) is 10.3. The number of rotatable bonds is 4. The van der Waals surface area contributed by atoms with Gasteiger partial charge in [0.05, 0.1) is 39.9 Å². The van der Waals surface area contributed by atoms with Gasteiger partial charge in [-0.25, -0.2) is 9.18 Å². The molecule has 20 heavy (non-hydrogen) atoms. The fourth-order valence-corrected chi connectivity index (χ4v) is 2.06. The third-order valence-corrected chi connectivity index (χ3v) is 3.38. The van der Waals surface area contributed by atoms with Crippen molar-refractivity contribution in [2.75, 3.05) is 5.32 Å². The number of aromatic nitrogens is 2. The summed E-state index contributed by atoms with van der Waals surface area (Å²) in [6, 6.07) is 2.71. The van der Waals surface area contributed by atoms with E-state index in [4.69, 9.17) is 5.11 Å². The molecule has 0 radical (unpaired) electrons. The summed E-state index contributed by atoms with van der Waals surface area (Å²) in [7, 11) is 0. The summed E-state index contributed by atoms with van der Waals surface area (Å²) in [5.41, 5.74) is 1.54. The Hall–Kier alpha value is -2.02. The Kier molecular flexibility index (Phi) is 4.29. The van der Waals surface area contributed by atoms with Crippen LogP contribution >= 0.6 is 15.9 Å². The molecule has 0 aliphatic carbocycles. The highest BCUT2D eigenvalue weighted by Crippen LogP contribution is 2.27. The summed E-state index contributed by atoms with van der Waals surface area (Å²) in [5, 5.41) is 11.7. The molecule has 0 unspecified atom stereocenters. The Morgan fingerprint density at radius 2 is 2.15 bits per heavy atom. The van der Waals surface area contributed by atoms with E-state index in [1.165, 1.54) is 12.1 Å². The summed E-state index contributed by atoms with van der Waals surface area (Å²) >= 11 is 2.94. The number of nitrogens with zero attached hydrogens (tertiary/aromatic N) is 2. The summed E-state index contributed by atoms with van der Waals surface area (Å²) in [5.74, 6) is -1.84. The lowest BCUT2D eigenvalue weighted by molar-refractivity contribution is 0.0695. The number of carboxylic acid groups (broad SMARTS) is 1. The average Bonchev–Trinajstić information content (AvgIpc) is 2.42. The number of aromatic carboxylic acids is 1. The number of carboxylic acids is 1. The first-order valence-electron chi connectivity index (χ1n) is 5.71. The van der Waals surface area contributed by atoms with E-state index in [0.29, 0.717) is 12.2 Å². The molecule has 2 rings (SSSR count). The van der Waals surface area contributed by atoms with Crippen LogP contribution in [0.4, 0.5) is 10.1 Å². The Bertz CT molecular complexity index is 647. The van der Waals surface area contributed by atoms with Gasteiger partial charge in [-0.15, -0.1) is 0 Å². The molecule has 0 saturated heterocycles. The van der Waals surface area contributed by atoms with Crippen molar-refractivity contribution >= 4 is 27.6 Å². The van der Waals surface area contributed by atoms with Gasteiger partial charge in [0, 0.05) is 6.20 Å². The molecule has 104 valence electrons. The molecule has 0 atom stereocenters. The minimum Gasteiger partial charge on any atom is -0.478 e. The molecule has 0 fully saturated rings. The number of aryl methyl sites for hydroxylation is 1. The number of carbonyl (C=O) groups is 1. The third-order valence-electron chi connectivity index (χ3n) is 2.61. The smallest absolute Gasteiger partial charge is 0.336 e. The number of halogens is 2. The van der Waals surface area contributed by atoms with Gasteiger partial charge in [-0.3, -0.25) is 9.97 Å². The maximum absolute atomic E-state index is 14.0. The Balaban J connectivity index is 2.16. The van der Waals surface area contributed by atoms with Crippen molar-refractivity contribution in [3.8, 4) is 0 Å². The molecule has 0 aliphatic rings. The summed E-state index contributed by atoms with van der Waals surface area (Å²) in [4.78, 5) is 19.1. The molecular formula is C13H11BrFN3O2. The summed E-state index contributed by atoms with van der Waals surface area (Å²) in [6.45, 7) is 2.12. The molecule has 2 aromatic rings. The van der Waals surface area contributed by atoms with Crippen molar-refractivity contribution in [3.63, 3.8) is 0 Å². The molecule has 0 aliphatic heterocycles. The average molecular weight is 340 g/mol.